The van der Waals surface area contributed by atoms with Crippen LogP contribution in [0, 0.1) is 5.82 Å². The highest BCUT2D eigenvalue weighted by molar-refractivity contribution is 6.08. The Hall–Kier alpha value is -2.89. The molecule has 0 spiro atoms. The zero-order valence-corrected chi connectivity index (χ0v) is 11.1. The lowest BCUT2D eigenvalue weighted by molar-refractivity contribution is 0.0697. The van der Waals surface area contributed by atoms with Gasteiger partial charge in [-0.15, -0.1) is 0 Å². The van der Waals surface area contributed by atoms with Gasteiger partial charge in [-0.25, -0.2) is 9.18 Å². The van der Waals surface area contributed by atoms with E-state index < -0.39 is 17.7 Å². The first kappa shape index (κ1) is 14.5. The van der Waals surface area contributed by atoms with Crippen LogP contribution in [0.25, 0.3) is 0 Å². The van der Waals surface area contributed by atoms with Crippen LogP contribution in [0.5, 0.6) is 5.75 Å². The first-order chi connectivity index (χ1) is 10.0. The van der Waals surface area contributed by atoms with Crippen molar-refractivity contribution < 1.29 is 23.8 Å². The van der Waals surface area contributed by atoms with Gasteiger partial charge in [-0.05, 0) is 30.3 Å². The highest BCUT2D eigenvalue weighted by atomic mass is 19.1. The summed E-state index contributed by atoms with van der Waals surface area (Å²) < 4.78 is 18.7. The maximum absolute atomic E-state index is 13.7. The molecule has 0 saturated heterocycles. The summed E-state index contributed by atoms with van der Waals surface area (Å²) in [7, 11) is 1.45. The zero-order chi connectivity index (χ0) is 15.4. The van der Waals surface area contributed by atoms with Gasteiger partial charge in [0.25, 0.3) is 5.91 Å². The molecule has 6 heteroatoms. The van der Waals surface area contributed by atoms with E-state index in [1.165, 1.54) is 31.4 Å². The number of ether oxygens (including phenoxy) is 1. The van der Waals surface area contributed by atoms with E-state index in [4.69, 9.17) is 9.84 Å². The minimum Gasteiger partial charge on any atom is -0.497 e. The molecule has 108 valence electrons. The number of carbonyl (C=O) groups is 2. The Labute approximate surface area is 120 Å². The lowest BCUT2D eigenvalue weighted by Crippen LogP contribution is -2.16. The predicted octanol–water partition coefficient (Wildman–Crippen LogP) is 2.78. The third kappa shape index (κ3) is 3.17. The Morgan fingerprint density at radius 1 is 1.19 bits per heavy atom. The van der Waals surface area contributed by atoms with Gasteiger partial charge in [-0.1, -0.05) is 12.1 Å². The summed E-state index contributed by atoms with van der Waals surface area (Å²) in [5.41, 5.74) is -0.446. The molecule has 0 aromatic heterocycles. The van der Waals surface area contributed by atoms with Crippen LogP contribution in [0.2, 0.25) is 0 Å². The molecule has 0 aliphatic rings. The van der Waals surface area contributed by atoms with E-state index in [0.29, 0.717) is 5.75 Å². The summed E-state index contributed by atoms with van der Waals surface area (Å²) in [4.78, 5) is 23.1. The average Bonchev–Trinajstić information content (AvgIpc) is 2.49. The fourth-order valence-electron chi connectivity index (χ4n) is 1.78. The second kappa shape index (κ2) is 6.04. The molecule has 0 bridgehead atoms. The topological polar surface area (TPSA) is 75.6 Å². The van der Waals surface area contributed by atoms with Gasteiger partial charge in [0, 0.05) is 5.56 Å². The molecule has 0 aliphatic heterocycles. The second-order valence-corrected chi connectivity index (χ2v) is 4.15. The number of nitrogens with one attached hydrogen (secondary N) is 1. The van der Waals surface area contributed by atoms with Crippen molar-refractivity contribution in [3.05, 3.63) is 59.4 Å². The van der Waals surface area contributed by atoms with Crippen LogP contribution in [0.15, 0.2) is 42.5 Å². The minimum absolute atomic E-state index is 0.231. The van der Waals surface area contributed by atoms with Crippen molar-refractivity contribution in [3.8, 4) is 5.75 Å². The highest BCUT2D eigenvalue weighted by Crippen LogP contribution is 2.21. The first-order valence-corrected chi connectivity index (χ1v) is 6.00. The Kier molecular flexibility index (Phi) is 4.18. The zero-order valence-electron chi connectivity index (χ0n) is 11.1. The van der Waals surface area contributed by atoms with Gasteiger partial charge in [-0.2, -0.15) is 0 Å². The normalized spacial score (nSPS) is 10.0. The van der Waals surface area contributed by atoms with Crippen molar-refractivity contribution in [1.82, 2.24) is 0 Å². The van der Waals surface area contributed by atoms with Crippen LogP contribution in [0.4, 0.5) is 10.1 Å². The predicted molar refractivity (Wildman–Crippen MR) is 74.3 cm³/mol. The summed E-state index contributed by atoms with van der Waals surface area (Å²) >= 11 is 0. The van der Waals surface area contributed by atoms with E-state index in [9.17, 15) is 14.0 Å². The average molecular weight is 289 g/mol. The van der Waals surface area contributed by atoms with Crippen molar-refractivity contribution in [2.24, 2.45) is 0 Å². The number of methoxy groups -OCH3 is 1. The van der Waals surface area contributed by atoms with Gasteiger partial charge in [0.15, 0.2) is 0 Å². The number of hydrogen-bond acceptors (Lipinski definition) is 3. The van der Waals surface area contributed by atoms with Gasteiger partial charge in [0.1, 0.15) is 11.6 Å². The number of aromatic carboxylic acids is 1. The number of carbonyl (C=O) groups excluding carboxylic acids is 1. The quantitative estimate of drug-likeness (QED) is 0.907. The minimum atomic E-state index is -1.32. The molecule has 1 amide bonds. The molecule has 0 saturated carbocycles. The molecule has 21 heavy (non-hydrogen) atoms. The van der Waals surface area contributed by atoms with E-state index in [1.807, 2.05) is 0 Å². The van der Waals surface area contributed by atoms with Crippen molar-refractivity contribution in [3.63, 3.8) is 0 Å². The van der Waals surface area contributed by atoms with Crippen molar-refractivity contribution in [1.29, 1.82) is 0 Å². The highest BCUT2D eigenvalue weighted by Gasteiger charge is 2.17. The lowest BCUT2D eigenvalue weighted by Gasteiger charge is -2.10. The smallest absolute Gasteiger partial charge is 0.337 e. The molecule has 2 aromatic rings. The monoisotopic (exact) mass is 289 g/mol. The summed E-state index contributed by atoms with van der Waals surface area (Å²) in [6.45, 7) is 0. The summed E-state index contributed by atoms with van der Waals surface area (Å²) in [6.07, 6.45) is 0. The molecule has 0 heterocycles. The number of amides is 1. The molecular weight excluding hydrogens is 277 g/mol. The molecule has 0 radical (unpaired) electrons. The number of halogens is 1. The molecule has 0 fully saturated rings. The number of carboxylic acid groups (broad SMARTS) is 1. The van der Waals surface area contributed by atoms with E-state index in [2.05, 4.69) is 5.32 Å². The van der Waals surface area contributed by atoms with E-state index >= 15 is 0 Å². The van der Waals surface area contributed by atoms with Crippen LogP contribution in [0.1, 0.15) is 20.7 Å². The molecule has 0 aliphatic carbocycles. The van der Waals surface area contributed by atoms with Crippen molar-refractivity contribution in [2.45, 2.75) is 0 Å². The number of hydrogen-bond donors (Lipinski definition) is 2. The van der Waals surface area contributed by atoms with Gasteiger partial charge in [0.2, 0.25) is 0 Å². The molecule has 2 N–H and O–H groups in total. The second-order valence-electron chi connectivity index (χ2n) is 4.15. The molecule has 2 aromatic carbocycles. The summed E-state index contributed by atoms with van der Waals surface area (Å²) in [5.74, 6) is -2.29. The van der Waals surface area contributed by atoms with E-state index in [1.54, 1.807) is 12.1 Å². The van der Waals surface area contributed by atoms with Gasteiger partial charge >= 0.3 is 5.97 Å². The fraction of sp³-hybridized carbons (Fsp3) is 0.0667. The lowest BCUT2D eigenvalue weighted by atomic mass is 10.1. The van der Waals surface area contributed by atoms with Crippen LogP contribution in [0.3, 0.4) is 0 Å². The standard InChI is InChI=1S/C15H12FNO4/c1-21-10-5-2-4-9(8-10)14(18)17-13-11(15(19)20)6-3-7-12(13)16/h2-8H,1H3,(H,17,18)(H,19,20). The van der Waals surface area contributed by atoms with Gasteiger partial charge in [0.05, 0.1) is 18.4 Å². The van der Waals surface area contributed by atoms with E-state index in [-0.39, 0.29) is 16.8 Å². The fourth-order valence-corrected chi connectivity index (χ4v) is 1.78. The van der Waals surface area contributed by atoms with Crippen LogP contribution in [-0.2, 0) is 0 Å². The largest absolute Gasteiger partial charge is 0.497 e. The Morgan fingerprint density at radius 3 is 2.57 bits per heavy atom. The molecule has 0 atom stereocenters. The molecule has 0 unspecified atom stereocenters. The Morgan fingerprint density at radius 2 is 1.90 bits per heavy atom. The number of rotatable bonds is 4. The third-order valence-electron chi connectivity index (χ3n) is 2.81. The number of carboxylic acids is 1. The molecule has 5 nitrogen and oxygen atoms in total. The van der Waals surface area contributed by atoms with Crippen molar-refractivity contribution >= 4 is 17.6 Å². The van der Waals surface area contributed by atoms with Crippen LogP contribution < -0.4 is 10.1 Å². The maximum atomic E-state index is 13.7. The SMILES string of the molecule is COc1cccc(C(=O)Nc2c(F)cccc2C(=O)O)c1. The Bertz CT molecular complexity index is 700. The summed E-state index contributed by atoms with van der Waals surface area (Å²) in [6, 6.07) is 9.80. The molecule has 2 rings (SSSR count). The van der Waals surface area contributed by atoms with E-state index in [0.717, 1.165) is 6.07 Å². The molecular formula is C15H12FNO4. The van der Waals surface area contributed by atoms with Crippen LogP contribution in [-0.4, -0.2) is 24.1 Å². The van der Waals surface area contributed by atoms with Crippen LogP contribution >= 0.6 is 0 Å². The summed E-state index contributed by atoms with van der Waals surface area (Å²) in [5, 5.41) is 11.3. The Balaban J connectivity index is 2.33. The van der Waals surface area contributed by atoms with Crippen molar-refractivity contribution in [2.75, 3.05) is 12.4 Å². The van der Waals surface area contributed by atoms with Gasteiger partial charge in [-0.3, -0.25) is 4.79 Å². The number of benzene rings is 2. The maximum Gasteiger partial charge on any atom is 0.337 e. The third-order valence-corrected chi connectivity index (χ3v) is 2.81. The van der Waals surface area contributed by atoms with Gasteiger partial charge < -0.3 is 15.2 Å². The first-order valence-electron chi connectivity index (χ1n) is 6.00. The number of anilines is 1. The number of para-hydroxylation sites is 1.